The molecule has 5 heteroatoms. The van der Waals surface area contributed by atoms with E-state index in [1.165, 1.54) is 38.5 Å². The van der Waals surface area contributed by atoms with Gasteiger partial charge in [-0.05, 0) is 6.42 Å². The zero-order valence-electron chi connectivity index (χ0n) is 12.4. The fourth-order valence-corrected chi connectivity index (χ4v) is 2.03. The molecule has 1 rings (SSSR count). The van der Waals surface area contributed by atoms with Gasteiger partial charge in [0.15, 0.2) is 0 Å². The Hall–Kier alpha value is -0.940. The maximum Gasteiger partial charge on any atom is 0.140 e. The molecule has 0 bridgehead atoms. The topological polar surface area (TPSA) is 52.0 Å². The van der Waals surface area contributed by atoms with Crippen LogP contribution in [0.1, 0.15) is 51.3 Å². The number of aryl methyl sites for hydroxylation is 1. The normalized spacial score (nSPS) is 11.1. The molecule has 1 heterocycles. The molecule has 0 fully saturated rings. The molecular weight excluding hydrogens is 240 g/mol. The van der Waals surface area contributed by atoms with Crippen LogP contribution in [0.3, 0.4) is 0 Å². The number of rotatable bonds is 12. The van der Waals surface area contributed by atoms with Crippen molar-refractivity contribution in [2.45, 2.75) is 58.5 Å². The quantitative estimate of drug-likeness (QED) is 0.591. The Kier molecular flexibility index (Phi) is 9.27. The van der Waals surface area contributed by atoms with Gasteiger partial charge in [-0.3, -0.25) is 0 Å². The van der Waals surface area contributed by atoms with Crippen LogP contribution in [0.15, 0.2) is 6.33 Å². The van der Waals surface area contributed by atoms with Crippen molar-refractivity contribution in [2.24, 2.45) is 0 Å². The minimum atomic E-state index is 0.728. The lowest BCUT2D eigenvalue weighted by atomic mass is 10.1. The first kappa shape index (κ1) is 16.1. The number of nitrogens with zero attached hydrogens (tertiary/aromatic N) is 3. The molecule has 0 radical (unpaired) electrons. The lowest BCUT2D eigenvalue weighted by molar-refractivity contribution is 0.198. The number of hydrogen-bond acceptors (Lipinski definition) is 4. The summed E-state index contributed by atoms with van der Waals surface area (Å²) in [5, 5.41) is 7.58. The Balaban J connectivity index is 2.13. The van der Waals surface area contributed by atoms with Gasteiger partial charge in [-0.2, -0.15) is 5.10 Å². The minimum Gasteiger partial charge on any atom is -0.383 e. The van der Waals surface area contributed by atoms with Crippen LogP contribution in [-0.2, 0) is 17.8 Å². The molecule has 0 saturated heterocycles. The predicted octanol–water partition coefficient (Wildman–Crippen LogP) is 2.37. The molecule has 110 valence electrons. The van der Waals surface area contributed by atoms with Crippen LogP contribution in [0.2, 0.25) is 0 Å². The van der Waals surface area contributed by atoms with E-state index in [1.807, 2.05) is 4.68 Å². The summed E-state index contributed by atoms with van der Waals surface area (Å²) in [6, 6.07) is 0. The second-order valence-corrected chi connectivity index (χ2v) is 4.84. The van der Waals surface area contributed by atoms with Crippen molar-refractivity contribution in [2.75, 3.05) is 20.3 Å². The Bertz CT molecular complexity index is 314. The molecule has 0 aliphatic heterocycles. The highest BCUT2D eigenvalue weighted by Gasteiger charge is 2.03. The summed E-state index contributed by atoms with van der Waals surface area (Å²) in [6.07, 6.45) is 9.49. The second kappa shape index (κ2) is 10.9. The zero-order chi connectivity index (χ0) is 13.8. The second-order valence-electron chi connectivity index (χ2n) is 4.84. The average molecular weight is 268 g/mol. The van der Waals surface area contributed by atoms with Crippen molar-refractivity contribution in [3.63, 3.8) is 0 Å². The Morgan fingerprint density at radius 3 is 2.79 bits per heavy atom. The number of ether oxygens (including phenoxy) is 1. The van der Waals surface area contributed by atoms with Crippen LogP contribution in [0, 0.1) is 0 Å². The molecule has 0 aliphatic carbocycles. The van der Waals surface area contributed by atoms with E-state index in [0.29, 0.717) is 0 Å². The van der Waals surface area contributed by atoms with E-state index >= 15 is 0 Å². The first-order valence-electron chi connectivity index (χ1n) is 7.44. The minimum absolute atomic E-state index is 0.728. The summed E-state index contributed by atoms with van der Waals surface area (Å²) in [6.45, 7) is 5.57. The number of hydrogen-bond donors (Lipinski definition) is 1. The molecule has 1 aromatic rings. The molecule has 0 atom stereocenters. The van der Waals surface area contributed by atoms with Crippen molar-refractivity contribution >= 4 is 0 Å². The highest BCUT2D eigenvalue weighted by atomic mass is 16.5. The van der Waals surface area contributed by atoms with Crippen LogP contribution >= 0.6 is 0 Å². The third-order valence-corrected chi connectivity index (χ3v) is 3.19. The van der Waals surface area contributed by atoms with Gasteiger partial charge in [0, 0.05) is 20.2 Å². The van der Waals surface area contributed by atoms with Crippen molar-refractivity contribution in [3.8, 4) is 0 Å². The summed E-state index contributed by atoms with van der Waals surface area (Å²) >= 11 is 0. The van der Waals surface area contributed by atoms with E-state index in [4.69, 9.17) is 4.74 Å². The van der Waals surface area contributed by atoms with Gasteiger partial charge < -0.3 is 10.1 Å². The Morgan fingerprint density at radius 2 is 2.00 bits per heavy atom. The first-order chi connectivity index (χ1) is 9.38. The number of methoxy groups -OCH3 is 1. The number of aromatic nitrogens is 3. The van der Waals surface area contributed by atoms with Crippen molar-refractivity contribution < 1.29 is 4.74 Å². The van der Waals surface area contributed by atoms with E-state index in [0.717, 1.165) is 32.1 Å². The van der Waals surface area contributed by atoms with Gasteiger partial charge >= 0.3 is 0 Å². The molecule has 0 amide bonds. The van der Waals surface area contributed by atoms with Crippen LogP contribution < -0.4 is 5.32 Å². The van der Waals surface area contributed by atoms with Gasteiger partial charge in [0.1, 0.15) is 12.2 Å². The van der Waals surface area contributed by atoms with Crippen molar-refractivity contribution in [1.29, 1.82) is 0 Å². The van der Waals surface area contributed by atoms with Gasteiger partial charge in [0.25, 0.3) is 0 Å². The molecule has 0 saturated carbocycles. The maximum absolute atomic E-state index is 5.00. The fraction of sp³-hybridized carbons (Fsp3) is 0.857. The third kappa shape index (κ3) is 7.28. The number of unbranched alkanes of at least 4 members (excludes halogenated alkanes) is 5. The lowest BCUT2D eigenvalue weighted by Crippen LogP contribution is -2.21. The summed E-state index contributed by atoms with van der Waals surface area (Å²) in [4.78, 5) is 4.29. The number of nitrogens with one attached hydrogen (secondary N) is 1. The standard InChI is InChI=1S/C14H28N4O/c1-3-4-5-6-7-8-10-18-14(16-13-17-18)12-15-9-11-19-2/h13,15H,3-12H2,1-2H3. The van der Waals surface area contributed by atoms with Crippen molar-refractivity contribution in [1.82, 2.24) is 20.1 Å². The molecule has 0 unspecified atom stereocenters. The van der Waals surface area contributed by atoms with Crippen LogP contribution in [0.4, 0.5) is 0 Å². The van der Waals surface area contributed by atoms with Crippen LogP contribution in [0.25, 0.3) is 0 Å². The van der Waals surface area contributed by atoms with E-state index in [9.17, 15) is 0 Å². The largest absolute Gasteiger partial charge is 0.383 e. The SMILES string of the molecule is CCCCCCCCn1ncnc1CNCCOC. The third-order valence-electron chi connectivity index (χ3n) is 3.19. The maximum atomic E-state index is 5.00. The van der Waals surface area contributed by atoms with Crippen LogP contribution in [0.5, 0.6) is 0 Å². The monoisotopic (exact) mass is 268 g/mol. The predicted molar refractivity (Wildman–Crippen MR) is 77.0 cm³/mol. The summed E-state index contributed by atoms with van der Waals surface area (Å²) in [5.41, 5.74) is 0. The molecule has 5 nitrogen and oxygen atoms in total. The molecular formula is C14H28N4O. The highest BCUT2D eigenvalue weighted by molar-refractivity contribution is 4.83. The zero-order valence-corrected chi connectivity index (χ0v) is 12.4. The lowest BCUT2D eigenvalue weighted by Gasteiger charge is -2.07. The van der Waals surface area contributed by atoms with E-state index in [1.54, 1.807) is 13.4 Å². The molecule has 1 N–H and O–H groups in total. The summed E-state index contributed by atoms with van der Waals surface area (Å²) < 4.78 is 7.01. The summed E-state index contributed by atoms with van der Waals surface area (Å²) in [5.74, 6) is 1.02. The van der Waals surface area contributed by atoms with Gasteiger partial charge in [-0.1, -0.05) is 39.0 Å². The Labute approximate surface area is 116 Å². The molecule has 0 aliphatic rings. The van der Waals surface area contributed by atoms with E-state index in [2.05, 4.69) is 22.3 Å². The fourth-order valence-electron chi connectivity index (χ4n) is 2.03. The van der Waals surface area contributed by atoms with E-state index in [-0.39, 0.29) is 0 Å². The molecule has 19 heavy (non-hydrogen) atoms. The summed E-state index contributed by atoms with van der Waals surface area (Å²) in [7, 11) is 1.71. The molecule has 0 spiro atoms. The highest BCUT2D eigenvalue weighted by Crippen LogP contribution is 2.06. The van der Waals surface area contributed by atoms with Gasteiger partial charge in [-0.25, -0.2) is 9.67 Å². The molecule has 1 aromatic heterocycles. The molecule has 0 aromatic carbocycles. The van der Waals surface area contributed by atoms with Crippen LogP contribution in [-0.4, -0.2) is 35.0 Å². The van der Waals surface area contributed by atoms with Gasteiger partial charge in [0.2, 0.25) is 0 Å². The van der Waals surface area contributed by atoms with Gasteiger partial charge in [-0.15, -0.1) is 0 Å². The van der Waals surface area contributed by atoms with Crippen molar-refractivity contribution in [3.05, 3.63) is 12.2 Å². The van der Waals surface area contributed by atoms with Gasteiger partial charge in [0.05, 0.1) is 13.2 Å². The smallest absolute Gasteiger partial charge is 0.140 e. The average Bonchev–Trinajstić information content (AvgIpc) is 2.86. The Morgan fingerprint density at radius 1 is 1.21 bits per heavy atom. The first-order valence-corrected chi connectivity index (χ1v) is 7.44. The van der Waals surface area contributed by atoms with E-state index < -0.39 is 0 Å².